The standard InChI is InChI=1S/C9H15NOS/c1-7(11)2-3-10-5-9-4-8(10)6-12-9/h8-9H,2-6H2,1H3. The van der Waals surface area contributed by atoms with Crippen LogP contribution in [0.4, 0.5) is 0 Å². The smallest absolute Gasteiger partial charge is 0.131 e. The Morgan fingerprint density at radius 3 is 3.00 bits per heavy atom. The summed E-state index contributed by atoms with van der Waals surface area (Å²) in [5, 5.41) is 0.877. The van der Waals surface area contributed by atoms with Crippen molar-refractivity contribution in [2.45, 2.75) is 31.1 Å². The van der Waals surface area contributed by atoms with Gasteiger partial charge in [0, 0.05) is 36.6 Å². The zero-order chi connectivity index (χ0) is 8.55. The predicted octanol–water partition coefficient (Wildman–Crippen LogP) is 1.16. The highest BCUT2D eigenvalue weighted by Crippen LogP contribution is 2.37. The van der Waals surface area contributed by atoms with Gasteiger partial charge in [-0.3, -0.25) is 9.69 Å². The first-order valence-corrected chi connectivity index (χ1v) is 5.65. The number of carbonyl (C=O) groups is 1. The fourth-order valence-corrected chi connectivity index (χ4v) is 3.55. The molecule has 68 valence electrons. The molecule has 0 amide bonds. The third-order valence-electron chi connectivity index (χ3n) is 2.76. The molecule has 2 heterocycles. The number of hydrogen-bond acceptors (Lipinski definition) is 3. The number of fused-ring (bicyclic) bond motifs is 2. The summed E-state index contributed by atoms with van der Waals surface area (Å²) in [7, 11) is 0. The highest BCUT2D eigenvalue weighted by atomic mass is 32.2. The van der Waals surface area contributed by atoms with Gasteiger partial charge in [-0.1, -0.05) is 0 Å². The molecule has 2 atom stereocenters. The molecule has 2 unspecified atom stereocenters. The van der Waals surface area contributed by atoms with Gasteiger partial charge in [0.2, 0.25) is 0 Å². The Hall–Kier alpha value is -0.0200. The van der Waals surface area contributed by atoms with Crippen LogP contribution in [0, 0.1) is 0 Å². The van der Waals surface area contributed by atoms with Gasteiger partial charge in [-0.25, -0.2) is 0 Å². The van der Waals surface area contributed by atoms with Gasteiger partial charge in [0.1, 0.15) is 5.78 Å². The van der Waals surface area contributed by atoms with Gasteiger partial charge in [-0.05, 0) is 13.3 Å². The average molecular weight is 185 g/mol. The van der Waals surface area contributed by atoms with Crippen LogP contribution < -0.4 is 0 Å². The highest BCUT2D eigenvalue weighted by molar-refractivity contribution is 8.00. The van der Waals surface area contributed by atoms with E-state index in [9.17, 15) is 4.79 Å². The quantitative estimate of drug-likeness (QED) is 0.658. The van der Waals surface area contributed by atoms with Crippen molar-refractivity contribution >= 4 is 17.5 Å². The van der Waals surface area contributed by atoms with Crippen molar-refractivity contribution in [3.63, 3.8) is 0 Å². The van der Waals surface area contributed by atoms with Crippen LogP contribution in [-0.4, -0.2) is 40.8 Å². The summed E-state index contributed by atoms with van der Waals surface area (Å²) >= 11 is 2.10. The summed E-state index contributed by atoms with van der Waals surface area (Å²) in [5.74, 6) is 1.62. The fraction of sp³-hybridized carbons (Fsp3) is 0.889. The maximum absolute atomic E-state index is 10.8. The van der Waals surface area contributed by atoms with Gasteiger partial charge in [0.25, 0.3) is 0 Å². The number of rotatable bonds is 3. The van der Waals surface area contributed by atoms with E-state index < -0.39 is 0 Å². The molecule has 2 aliphatic heterocycles. The molecule has 0 aromatic heterocycles. The number of carbonyl (C=O) groups excluding carboxylic acids is 1. The van der Waals surface area contributed by atoms with Gasteiger partial charge >= 0.3 is 0 Å². The maximum atomic E-state index is 10.8. The molecule has 0 aliphatic carbocycles. The van der Waals surface area contributed by atoms with Crippen molar-refractivity contribution in [1.29, 1.82) is 0 Å². The Labute approximate surface area is 77.7 Å². The number of likely N-dealkylation sites (tertiary alicyclic amines) is 1. The summed E-state index contributed by atoms with van der Waals surface area (Å²) in [5.41, 5.74) is 0. The molecule has 0 spiro atoms. The van der Waals surface area contributed by atoms with E-state index in [4.69, 9.17) is 0 Å². The van der Waals surface area contributed by atoms with E-state index in [1.54, 1.807) is 6.92 Å². The van der Waals surface area contributed by atoms with Crippen LogP contribution >= 0.6 is 11.8 Å². The third kappa shape index (κ3) is 1.67. The molecular weight excluding hydrogens is 170 g/mol. The van der Waals surface area contributed by atoms with Crippen molar-refractivity contribution in [2.24, 2.45) is 0 Å². The molecule has 2 aliphatic rings. The van der Waals surface area contributed by atoms with Gasteiger partial charge in [0.05, 0.1) is 0 Å². The highest BCUT2D eigenvalue weighted by Gasteiger charge is 2.37. The predicted molar refractivity (Wildman–Crippen MR) is 51.5 cm³/mol. The minimum absolute atomic E-state index is 0.324. The van der Waals surface area contributed by atoms with Crippen LogP contribution in [0.25, 0.3) is 0 Å². The normalized spacial score (nSPS) is 34.4. The second-order valence-electron chi connectivity index (χ2n) is 3.79. The lowest BCUT2D eigenvalue weighted by atomic mass is 10.2. The lowest BCUT2D eigenvalue weighted by Gasteiger charge is -2.25. The first-order valence-electron chi connectivity index (χ1n) is 4.61. The van der Waals surface area contributed by atoms with E-state index >= 15 is 0 Å². The van der Waals surface area contributed by atoms with E-state index in [-0.39, 0.29) is 0 Å². The molecule has 0 N–H and O–H groups in total. The molecule has 2 nitrogen and oxygen atoms in total. The second kappa shape index (κ2) is 3.38. The molecule has 0 aromatic carbocycles. The van der Waals surface area contributed by atoms with E-state index in [2.05, 4.69) is 16.7 Å². The first kappa shape index (κ1) is 8.57. The van der Waals surface area contributed by atoms with Crippen molar-refractivity contribution in [1.82, 2.24) is 4.90 Å². The monoisotopic (exact) mass is 185 g/mol. The van der Waals surface area contributed by atoms with Crippen molar-refractivity contribution in [2.75, 3.05) is 18.8 Å². The number of ketones is 1. The lowest BCUT2D eigenvalue weighted by molar-refractivity contribution is -0.117. The van der Waals surface area contributed by atoms with Crippen molar-refractivity contribution in [3.8, 4) is 0 Å². The van der Waals surface area contributed by atoms with Crippen molar-refractivity contribution < 1.29 is 4.79 Å². The molecule has 12 heavy (non-hydrogen) atoms. The van der Waals surface area contributed by atoms with Crippen LogP contribution in [0.5, 0.6) is 0 Å². The molecule has 2 rings (SSSR count). The zero-order valence-corrected chi connectivity index (χ0v) is 8.27. The lowest BCUT2D eigenvalue weighted by Crippen LogP contribution is -2.35. The number of Topliss-reactive ketones (excluding diaryl/α,β-unsaturated/α-hetero) is 1. The van der Waals surface area contributed by atoms with E-state index in [1.165, 1.54) is 18.7 Å². The number of nitrogens with zero attached hydrogens (tertiary/aromatic N) is 1. The van der Waals surface area contributed by atoms with Crippen LogP contribution in [0.3, 0.4) is 0 Å². The fourth-order valence-electron chi connectivity index (χ4n) is 2.05. The summed E-state index contributed by atoms with van der Waals surface area (Å²) in [6, 6.07) is 0.791. The van der Waals surface area contributed by atoms with E-state index in [1.807, 2.05) is 0 Å². The largest absolute Gasteiger partial charge is 0.300 e. The van der Waals surface area contributed by atoms with E-state index in [0.717, 1.165) is 24.3 Å². The average Bonchev–Trinajstić information content (AvgIpc) is 2.60. The minimum Gasteiger partial charge on any atom is -0.300 e. The number of hydrogen-bond donors (Lipinski definition) is 0. The number of thioether (sulfide) groups is 1. The van der Waals surface area contributed by atoms with Gasteiger partial charge < -0.3 is 0 Å². The van der Waals surface area contributed by atoms with Crippen molar-refractivity contribution in [3.05, 3.63) is 0 Å². The maximum Gasteiger partial charge on any atom is 0.131 e. The zero-order valence-electron chi connectivity index (χ0n) is 7.45. The molecule has 2 fully saturated rings. The molecule has 0 radical (unpaired) electrons. The van der Waals surface area contributed by atoms with Gasteiger partial charge in [0.15, 0.2) is 0 Å². The molecule has 0 saturated carbocycles. The van der Waals surface area contributed by atoms with Crippen LogP contribution in [0.15, 0.2) is 0 Å². The molecule has 2 saturated heterocycles. The Balaban J connectivity index is 1.79. The Kier molecular flexibility index (Phi) is 2.42. The summed E-state index contributed by atoms with van der Waals surface area (Å²) < 4.78 is 0. The molecule has 0 aromatic rings. The topological polar surface area (TPSA) is 20.3 Å². The first-order chi connectivity index (χ1) is 5.75. The third-order valence-corrected chi connectivity index (χ3v) is 4.16. The summed E-state index contributed by atoms with van der Waals surface area (Å²) in [4.78, 5) is 13.3. The SMILES string of the molecule is CC(=O)CCN1CC2CC1CS2. The Bertz CT molecular complexity index is 195. The molecule has 2 bridgehead atoms. The Morgan fingerprint density at radius 1 is 1.67 bits per heavy atom. The van der Waals surface area contributed by atoms with Crippen LogP contribution in [-0.2, 0) is 4.79 Å². The summed E-state index contributed by atoms with van der Waals surface area (Å²) in [6.45, 7) is 3.91. The molecule has 3 heteroatoms. The second-order valence-corrected chi connectivity index (χ2v) is 5.13. The van der Waals surface area contributed by atoms with E-state index in [0.29, 0.717) is 5.78 Å². The van der Waals surface area contributed by atoms with Crippen LogP contribution in [0.1, 0.15) is 19.8 Å². The van der Waals surface area contributed by atoms with Crippen LogP contribution in [0.2, 0.25) is 0 Å². The summed E-state index contributed by atoms with van der Waals surface area (Å²) in [6.07, 6.45) is 2.11. The minimum atomic E-state index is 0.324. The van der Waals surface area contributed by atoms with Gasteiger partial charge in [-0.2, -0.15) is 11.8 Å². The Morgan fingerprint density at radius 2 is 2.50 bits per heavy atom. The molecular formula is C9H15NOS. The van der Waals surface area contributed by atoms with Gasteiger partial charge in [-0.15, -0.1) is 0 Å².